The van der Waals surface area contributed by atoms with Crippen LogP contribution in [0.4, 0.5) is 11.4 Å². The van der Waals surface area contributed by atoms with Crippen LogP contribution in [0.2, 0.25) is 5.02 Å². The maximum atomic E-state index is 12.3. The highest BCUT2D eigenvalue weighted by Gasteiger charge is 2.42. The number of amides is 1. The number of furan rings is 1. The lowest BCUT2D eigenvalue weighted by atomic mass is 10.0. The third-order valence-electron chi connectivity index (χ3n) is 6.74. The molecule has 0 aliphatic carbocycles. The molecule has 5 rings (SSSR count). The van der Waals surface area contributed by atoms with Crippen LogP contribution in [0.15, 0.2) is 77.3 Å². The number of hydrogen-bond donors (Lipinski definition) is 2. The van der Waals surface area contributed by atoms with Gasteiger partial charge < -0.3 is 20.0 Å². The molecule has 1 saturated heterocycles. The Kier molecular flexibility index (Phi) is 7.23. The Hall–Kier alpha value is -3.68. The van der Waals surface area contributed by atoms with E-state index in [2.05, 4.69) is 20.5 Å². The number of anilines is 2. The van der Waals surface area contributed by atoms with Gasteiger partial charge in [0.2, 0.25) is 5.91 Å². The topological polar surface area (TPSA) is 70.4 Å². The van der Waals surface area contributed by atoms with E-state index in [4.69, 9.17) is 28.2 Å². The van der Waals surface area contributed by atoms with Crippen molar-refractivity contribution in [2.45, 2.75) is 39.8 Å². The summed E-state index contributed by atoms with van der Waals surface area (Å²) in [4.78, 5) is 18.9. The first kappa shape index (κ1) is 25.9. The number of halogens is 1. The fourth-order valence-electron chi connectivity index (χ4n) is 4.55. The van der Waals surface area contributed by atoms with E-state index >= 15 is 0 Å². The zero-order valence-corrected chi connectivity index (χ0v) is 23.2. The number of aryl methyl sites for hydroxylation is 2. The highest BCUT2D eigenvalue weighted by atomic mass is 35.5. The molecule has 8 heteroatoms. The molecule has 2 aromatic heterocycles. The van der Waals surface area contributed by atoms with Crippen molar-refractivity contribution < 1.29 is 9.21 Å². The minimum atomic E-state index is -0.289. The Labute approximate surface area is 233 Å². The summed E-state index contributed by atoms with van der Waals surface area (Å²) in [5.74, 6) is 1.34. The van der Waals surface area contributed by atoms with Crippen LogP contribution in [0.5, 0.6) is 0 Å². The highest BCUT2D eigenvalue weighted by Crippen LogP contribution is 2.43. The van der Waals surface area contributed by atoms with Gasteiger partial charge in [-0.2, -0.15) is 0 Å². The van der Waals surface area contributed by atoms with Crippen molar-refractivity contribution in [2.75, 3.05) is 10.2 Å². The largest absolute Gasteiger partial charge is 0.459 e. The summed E-state index contributed by atoms with van der Waals surface area (Å²) >= 11 is 12.2. The van der Waals surface area contributed by atoms with E-state index in [1.165, 1.54) is 0 Å². The molecule has 6 nitrogen and oxygen atoms in total. The second kappa shape index (κ2) is 10.6. The molecule has 4 aromatic rings. The van der Waals surface area contributed by atoms with E-state index < -0.39 is 0 Å². The number of benzene rings is 2. The third kappa shape index (κ3) is 5.04. The predicted molar refractivity (Wildman–Crippen MR) is 156 cm³/mol. The van der Waals surface area contributed by atoms with Crippen molar-refractivity contribution in [3.63, 3.8) is 0 Å². The van der Waals surface area contributed by atoms with Crippen molar-refractivity contribution in [3.05, 3.63) is 101 Å². The fourth-order valence-corrected chi connectivity index (χ4v) is 5.08. The van der Waals surface area contributed by atoms with Gasteiger partial charge in [0, 0.05) is 34.1 Å². The number of aromatic nitrogens is 1. The number of pyridine rings is 1. The van der Waals surface area contributed by atoms with Crippen LogP contribution in [0, 0.1) is 19.8 Å². The van der Waals surface area contributed by atoms with Crippen molar-refractivity contribution >= 4 is 46.2 Å². The number of carbonyl (C=O) groups excluding carboxylic acids is 1. The van der Waals surface area contributed by atoms with Crippen LogP contribution in [-0.2, 0) is 4.79 Å². The lowest BCUT2D eigenvalue weighted by Gasteiger charge is -2.27. The van der Waals surface area contributed by atoms with Gasteiger partial charge in [-0.1, -0.05) is 43.6 Å². The molecule has 2 unspecified atom stereocenters. The van der Waals surface area contributed by atoms with Gasteiger partial charge in [0.25, 0.3) is 0 Å². The van der Waals surface area contributed by atoms with Gasteiger partial charge in [-0.15, -0.1) is 0 Å². The molecule has 3 heterocycles. The summed E-state index contributed by atoms with van der Waals surface area (Å²) in [6.07, 6.45) is 1.78. The van der Waals surface area contributed by atoms with Gasteiger partial charge in [-0.3, -0.25) is 9.78 Å². The first-order valence-corrected chi connectivity index (χ1v) is 13.3. The molecule has 1 aliphatic rings. The minimum absolute atomic E-state index is 0.0216. The molecular formula is C30H29ClN4O2S. The monoisotopic (exact) mass is 544 g/mol. The summed E-state index contributed by atoms with van der Waals surface area (Å²) in [6, 6.07) is 21.1. The Morgan fingerprint density at radius 1 is 1.08 bits per heavy atom. The molecule has 2 aromatic carbocycles. The van der Waals surface area contributed by atoms with E-state index in [9.17, 15) is 4.79 Å². The van der Waals surface area contributed by atoms with Gasteiger partial charge in [-0.25, -0.2) is 0 Å². The molecule has 2 N–H and O–H groups in total. The quantitative estimate of drug-likeness (QED) is 0.247. The summed E-state index contributed by atoms with van der Waals surface area (Å²) in [5, 5.41) is 7.72. The molecule has 0 spiro atoms. The lowest BCUT2D eigenvalue weighted by molar-refractivity contribution is -0.118. The number of thiocarbonyl (C=S) groups is 1. The van der Waals surface area contributed by atoms with Crippen LogP contribution in [-0.4, -0.2) is 16.0 Å². The van der Waals surface area contributed by atoms with E-state index in [1.54, 1.807) is 6.20 Å². The number of rotatable bonds is 6. The number of carbonyl (C=O) groups is 1. The highest BCUT2D eigenvalue weighted by molar-refractivity contribution is 7.80. The van der Waals surface area contributed by atoms with Gasteiger partial charge in [0.15, 0.2) is 5.11 Å². The minimum Gasteiger partial charge on any atom is -0.459 e. The van der Waals surface area contributed by atoms with E-state index in [0.717, 1.165) is 45.3 Å². The number of nitrogens with zero attached hydrogens (tertiary/aromatic N) is 2. The molecule has 0 saturated carbocycles. The van der Waals surface area contributed by atoms with Crippen molar-refractivity contribution in [2.24, 2.45) is 5.92 Å². The first-order valence-electron chi connectivity index (χ1n) is 12.5. The molecular weight excluding hydrogens is 516 g/mol. The second-order valence-corrected chi connectivity index (χ2v) is 10.6. The van der Waals surface area contributed by atoms with Gasteiger partial charge in [-0.05, 0) is 85.7 Å². The van der Waals surface area contributed by atoms with Crippen LogP contribution >= 0.6 is 23.8 Å². The van der Waals surface area contributed by atoms with Crippen LogP contribution < -0.4 is 15.5 Å². The number of nitrogens with one attached hydrogen (secondary N) is 2. The standard InChI is InChI=1S/C30H29ClN4O2S/c1-17(2)29(36)33-23-11-10-21(15-19(23)4)35-28(27(34-30(35)38)24-7-5-6-14-32-24)26-13-12-25(37-26)20-9-8-18(3)22(31)16-20/h5-17,27-28H,1-4H3,(H,33,36)(H,34,38). The summed E-state index contributed by atoms with van der Waals surface area (Å²) in [6.45, 7) is 7.70. The van der Waals surface area contributed by atoms with E-state index in [0.29, 0.717) is 10.1 Å². The van der Waals surface area contributed by atoms with Crippen molar-refractivity contribution in [3.8, 4) is 11.3 Å². The Bertz CT molecular complexity index is 1500. The van der Waals surface area contributed by atoms with Crippen molar-refractivity contribution in [1.82, 2.24) is 10.3 Å². The predicted octanol–water partition coefficient (Wildman–Crippen LogP) is 7.38. The van der Waals surface area contributed by atoms with Crippen LogP contribution in [0.1, 0.15) is 48.5 Å². The number of hydrogen-bond acceptors (Lipinski definition) is 4. The average Bonchev–Trinajstić information content (AvgIpc) is 3.52. The fraction of sp³-hybridized carbons (Fsp3) is 0.233. The smallest absolute Gasteiger partial charge is 0.226 e. The molecule has 0 radical (unpaired) electrons. The maximum absolute atomic E-state index is 12.3. The van der Waals surface area contributed by atoms with Gasteiger partial charge in [0.05, 0.1) is 11.7 Å². The normalized spacial score (nSPS) is 17.1. The second-order valence-electron chi connectivity index (χ2n) is 9.81. The zero-order valence-electron chi connectivity index (χ0n) is 21.7. The first-order chi connectivity index (χ1) is 18.2. The van der Waals surface area contributed by atoms with Crippen molar-refractivity contribution in [1.29, 1.82) is 0 Å². The molecule has 1 aliphatic heterocycles. The third-order valence-corrected chi connectivity index (χ3v) is 7.46. The van der Waals surface area contributed by atoms with Crippen LogP contribution in [0.3, 0.4) is 0 Å². The lowest BCUT2D eigenvalue weighted by Crippen LogP contribution is -2.29. The summed E-state index contributed by atoms with van der Waals surface area (Å²) in [7, 11) is 0. The molecule has 38 heavy (non-hydrogen) atoms. The maximum Gasteiger partial charge on any atom is 0.226 e. The zero-order chi connectivity index (χ0) is 27.0. The molecule has 1 amide bonds. The molecule has 0 bridgehead atoms. The summed E-state index contributed by atoms with van der Waals surface area (Å²) < 4.78 is 6.45. The molecule has 194 valence electrons. The van der Waals surface area contributed by atoms with Crippen LogP contribution in [0.25, 0.3) is 11.3 Å². The van der Waals surface area contributed by atoms with E-state index in [1.807, 2.05) is 94.4 Å². The summed E-state index contributed by atoms with van der Waals surface area (Å²) in [5.41, 5.74) is 5.38. The average molecular weight is 545 g/mol. The SMILES string of the molecule is Cc1ccc(-c2ccc(C3C(c4ccccn4)NC(=S)N3c3ccc(NC(=O)C(C)C)c(C)c3)o2)cc1Cl. The Morgan fingerprint density at radius 2 is 1.89 bits per heavy atom. The molecule has 2 atom stereocenters. The van der Waals surface area contributed by atoms with E-state index in [-0.39, 0.29) is 23.9 Å². The molecule has 1 fully saturated rings. The van der Waals surface area contributed by atoms with Gasteiger partial charge in [0.1, 0.15) is 17.6 Å². The Balaban J connectivity index is 1.55. The van der Waals surface area contributed by atoms with Gasteiger partial charge >= 0.3 is 0 Å². The Morgan fingerprint density at radius 3 is 2.58 bits per heavy atom.